The van der Waals surface area contributed by atoms with Crippen LogP contribution in [-0.2, 0) is 9.47 Å². The molecule has 1 saturated heterocycles. The Morgan fingerprint density at radius 1 is 1.43 bits per heavy atom. The fourth-order valence-corrected chi connectivity index (χ4v) is 1.37. The minimum atomic E-state index is 0.194. The van der Waals surface area contributed by atoms with E-state index in [4.69, 9.17) is 15.2 Å². The second-order valence-corrected chi connectivity index (χ2v) is 3.70. The SMILES string of the molecule is CCC(N)COCCN1CCOCC1. The summed E-state index contributed by atoms with van der Waals surface area (Å²) in [6.07, 6.45) is 0.984. The van der Waals surface area contributed by atoms with Gasteiger partial charge in [-0.15, -0.1) is 0 Å². The fourth-order valence-electron chi connectivity index (χ4n) is 1.37. The van der Waals surface area contributed by atoms with E-state index in [1.165, 1.54) is 0 Å². The number of ether oxygens (including phenoxy) is 2. The lowest BCUT2D eigenvalue weighted by atomic mass is 10.3. The van der Waals surface area contributed by atoms with Crippen LogP contribution in [-0.4, -0.2) is 57.0 Å². The van der Waals surface area contributed by atoms with Gasteiger partial charge >= 0.3 is 0 Å². The highest BCUT2D eigenvalue weighted by molar-refractivity contribution is 4.61. The van der Waals surface area contributed by atoms with Crippen LogP contribution in [0.25, 0.3) is 0 Å². The Hall–Kier alpha value is -0.160. The molecule has 0 aliphatic carbocycles. The van der Waals surface area contributed by atoms with Crippen molar-refractivity contribution in [1.29, 1.82) is 0 Å². The van der Waals surface area contributed by atoms with Gasteiger partial charge in [0.2, 0.25) is 0 Å². The van der Waals surface area contributed by atoms with Gasteiger partial charge in [0.1, 0.15) is 0 Å². The molecule has 84 valence electrons. The number of nitrogens with two attached hydrogens (primary N) is 1. The summed E-state index contributed by atoms with van der Waals surface area (Å²) in [5, 5.41) is 0. The molecule has 2 N–H and O–H groups in total. The maximum absolute atomic E-state index is 5.73. The molecule has 0 radical (unpaired) electrons. The van der Waals surface area contributed by atoms with Crippen LogP contribution in [0.1, 0.15) is 13.3 Å². The van der Waals surface area contributed by atoms with E-state index in [9.17, 15) is 0 Å². The van der Waals surface area contributed by atoms with E-state index in [1.807, 2.05) is 0 Å². The van der Waals surface area contributed by atoms with E-state index in [2.05, 4.69) is 11.8 Å². The zero-order valence-corrected chi connectivity index (χ0v) is 9.08. The highest BCUT2D eigenvalue weighted by Gasteiger charge is 2.09. The average Bonchev–Trinajstić information content (AvgIpc) is 2.25. The maximum Gasteiger partial charge on any atom is 0.0618 e. The third kappa shape index (κ3) is 4.91. The predicted octanol–water partition coefficient (Wildman–Crippen LogP) is 0.0725. The highest BCUT2D eigenvalue weighted by Crippen LogP contribution is 1.96. The van der Waals surface area contributed by atoms with Gasteiger partial charge in [-0.3, -0.25) is 4.90 Å². The molecule has 0 spiro atoms. The Kier molecular flexibility index (Phi) is 6.10. The molecule has 4 heteroatoms. The molecule has 14 heavy (non-hydrogen) atoms. The number of morpholine rings is 1. The third-order valence-electron chi connectivity index (χ3n) is 2.51. The zero-order valence-electron chi connectivity index (χ0n) is 9.08. The van der Waals surface area contributed by atoms with Gasteiger partial charge in [-0.1, -0.05) is 6.92 Å². The van der Waals surface area contributed by atoms with Crippen LogP contribution < -0.4 is 5.73 Å². The summed E-state index contributed by atoms with van der Waals surface area (Å²) in [5.41, 5.74) is 5.73. The molecular formula is C10H22N2O2. The second kappa shape index (κ2) is 7.17. The summed E-state index contributed by atoms with van der Waals surface area (Å²) < 4.78 is 10.7. The molecule has 1 fully saturated rings. The number of rotatable bonds is 6. The van der Waals surface area contributed by atoms with E-state index in [-0.39, 0.29) is 6.04 Å². The third-order valence-corrected chi connectivity index (χ3v) is 2.51. The Labute approximate surface area is 86.3 Å². The van der Waals surface area contributed by atoms with Gasteiger partial charge in [0.25, 0.3) is 0 Å². The molecule has 4 nitrogen and oxygen atoms in total. The molecular weight excluding hydrogens is 180 g/mol. The van der Waals surface area contributed by atoms with Crippen molar-refractivity contribution in [3.8, 4) is 0 Å². The lowest BCUT2D eigenvalue weighted by molar-refractivity contribution is 0.0188. The van der Waals surface area contributed by atoms with Crippen LogP contribution in [0, 0.1) is 0 Å². The Bertz CT molecular complexity index is 138. The largest absolute Gasteiger partial charge is 0.379 e. The quantitative estimate of drug-likeness (QED) is 0.619. The van der Waals surface area contributed by atoms with Crippen molar-refractivity contribution in [1.82, 2.24) is 4.90 Å². The summed E-state index contributed by atoms with van der Waals surface area (Å²) in [7, 11) is 0. The van der Waals surface area contributed by atoms with Crippen LogP contribution in [0.5, 0.6) is 0 Å². The Morgan fingerprint density at radius 3 is 2.79 bits per heavy atom. The van der Waals surface area contributed by atoms with E-state index in [1.54, 1.807) is 0 Å². The lowest BCUT2D eigenvalue weighted by Gasteiger charge is -2.26. The minimum absolute atomic E-state index is 0.194. The summed E-state index contributed by atoms with van der Waals surface area (Å²) in [6, 6.07) is 0.194. The van der Waals surface area contributed by atoms with Crippen molar-refractivity contribution in [2.75, 3.05) is 46.1 Å². The Morgan fingerprint density at radius 2 is 2.14 bits per heavy atom. The summed E-state index contributed by atoms with van der Waals surface area (Å²) >= 11 is 0. The zero-order chi connectivity index (χ0) is 10.2. The predicted molar refractivity (Wildman–Crippen MR) is 56.3 cm³/mol. The lowest BCUT2D eigenvalue weighted by Crippen LogP contribution is -2.38. The van der Waals surface area contributed by atoms with Crippen molar-refractivity contribution in [3.05, 3.63) is 0 Å². The van der Waals surface area contributed by atoms with Crippen LogP contribution in [0.4, 0.5) is 0 Å². The van der Waals surface area contributed by atoms with Gasteiger partial charge in [-0.2, -0.15) is 0 Å². The topological polar surface area (TPSA) is 47.7 Å². The van der Waals surface area contributed by atoms with E-state index in [0.29, 0.717) is 6.61 Å². The first-order valence-corrected chi connectivity index (χ1v) is 5.46. The van der Waals surface area contributed by atoms with Crippen molar-refractivity contribution in [3.63, 3.8) is 0 Å². The monoisotopic (exact) mass is 202 g/mol. The van der Waals surface area contributed by atoms with Gasteiger partial charge in [-0.05, 0) is 6.42 Å². The van der Waals surface area contributed by atoms with Gasteiger partial charge < -0.3 is 15.2 Å². The normalized spacial score (nSPS) is 21.0. The fraction of sp³-hybridized carbons (Fsp3) is 1.00. The molecule has 0 aromatic carbocycles. The molecule has 1 aliphatic heterocycles. The first-order chi connectivity index (χ1) is 6.83. The smallest absolute Gasteiger partial charge is 0.0618 e. The summed E-state index contributed by atoms with van der Waals surface area (Å²) in [6.45, 7) is 8.32. The van der Waals surface area contributed by atoms with Gasteiger partial charge in [0.15, 0.2) is 0 Å². The molecule has 1 aliphatic rings. The van der Waals surface area contributed by atoms with Crippen LogP contribution in [0.2, 0.25) is 0 Å². The molecule has 0 aromatic rings. The van der Waals surface area contributed by atoms with Gasteiger partial charge in [0.05, 0.1) is 26.4 Å². The first kappa shape index (κ1) is 11.9. The first-order valence-electron chi connectivity index (χ1n) is 5.46. The summed E-state index contributed by atoms with van der Waals surface area (Å²) in [5.74, 6) is 0. The van der Waals surface area contributed by atoms with E-state index < -0.39 is 0 Å². The number of hydrogen-bond donors (Lipinski definition) is 1. The van der Waals surface area contributed by atoms with Crippen molar-refractivity contribution < 1.29 is 9.47 Å². The molecule has 0 amide bonds. The molecule has 1 heterocycles. The van der Waals surface area contributed by atoms with E-state index in [0.717, 1.165) is 45.9 Å². The highest BCUT2D eigenvalue weighted by atomic mass is 16.5. The molecule has 1 atom stereocenters. The molecule has 1 rings (SSSR count). The standard InChI is InChI=1S/C10H22N2O2/c1-2-10(11)9-14-8-5-12-3-6-13-7-4-12/h10H,2-9,11H2,1H3. The molecule has 1 unspecified atom stereocenters. The molecule has 0 aromatic heterocycles. The Balaban J connectivity index is 1.92. The average molecular weight is 202 g/mol. The second-order valence-electron chi connectivity index (χ2n) is 3.70. The van der Waals surface area contributed by atoms with Crippen LogP contribution in [0.3, 0.4) is 0 Å². The minimum Gasteiger partial charge on any atom is -0.379 e. The van der Waals surface area contributed by atoms with Crippen molar-refractivity contribution in [2.45, 2.75) is 19.4 Å². The maximum atomic E-state index is 5.73. The molecule has 0 saturated carbocycles. The van der Waals surface area contributed by atoms with E-state index >= 15 is 0 Å². The van der Waals surface area contributed by atoms with Crippen LogP contribution >= 0.6 is 0 Å². The van der Waals surface area contributed by atoms with Gasteiger partial charge in [0, 0.05) is 25.7 Å². The molecule has 0 bridgehead atoms. The van der Waals surface area contributed by atoms with Crippen molar-refractivity contribution >= 4 is 0 Å². The van der Waals surface area contributed by atoms with Crippen molar-refractivity contribution in [2.24, 2.45) is 5.73 Å². The van der Waals surface area contributed by atoms with Crippen LogP contribution in [0.15, 0.2) is 0 Å². The summed E-state index contributed by atoms with van der Waals surface area (Å²) in [4.78, 5) is 2.36. The number of nitrogens with zero attached hydrogens (tertiary/aromatic N) is 1. The number of hydrogen-bond acceptors (Lipinski definition) is 4. The van der Waals surface area contributed by atoms with Gasteiger partial charge in [-0.25, -0.2) is 0 Å².